The standard InChI is InChI=1S/C13H20N2O/c1-9(2)10-7-15(8-10)12-6-11(14)4-5-13(12)16-3/h4-6,9-10H,7-8,14H2,1-3H3. The van der Waals surface area contributed by atoms with Crippen LogP contribution in [0.1, 0.15) is 13.8 Å². The van der Waals surface area contributed by atoms with E-state index in [1.165, 1.54) is 0 Å². The lowest BCUT2D eigenvalue weighted by Crippen LogP contribution is -2.49. The third-order valence-electron chi connectivity index (χ3n) is 3.40. The minimum atomic E-state index is 0.753. The molecule has 1 aliphatic heterocycles. The van der Waals surface area contributed by atoms with Gasteiger partial charge in [0.05, 0.1) is 12.8 Å². The lowest BCUT2D eigenvalue weighted by molar-refractivity contribution is 0.306. The molecular weight excluding hydrogens is 200 g/mol. The van der Waals surface area contributed by atoms with Gasteiger partial charge in [-0.1, -0.05) is 13.8 Å². The summed E-state index contributed by atoms with van der Waals surface area (Å²) in [5.74, 6) is 2.46. The van der Waals surface area contributed by atoms with Crippen molar-refractivity contribution < 1.29 is 4.74 Å². The third kappa shape index (κ3) is 1.94. The minimum absolute atomic E-state index is 0.753. The first-order chi connectivity index (χ1) is 7.61. The molecule has 0 aliphatic carbocycles. The highest BCUT2D eigenvalue weighted by Gasteiger charge is 2.30. The first-order valence-electron chi connectivity index (χ1n) is 5.80. The van der Waals surface area contributed by atoms with Gasteiger partial charge >= 0.3 is 0 Å². The van der Waals surface area contributed by atoms with Crippen molar-refractivity contribution in [2.75, 3.05) is 30.8 Å². The van der Waals surface area contributed by atoms with E-state index in [-0.39, 0.29) is 0 Å². The molecule has 0 atom stereocenters. The molecule has 88 valence electrons. The number of nitrogens with zero attached hydrogens (tertiary/aromatic N) is 1. The number of methoxy groups -OCH3 is 1. The fourth-order valence-electron chi connectivity index (χ4n) is 2.09. The van der Waals surface area contributed by atoms with Crippen LogP contribution in [0.5, 0.6) is 5.75 Å². The quantitative estimate of drug-likeness (QED) is 0.795. The molecule has 1 aromatic rings. The molecule has 0 amide bonds. The number of anilines is 2. The summed E-state index contributed by atoms with van der Waals surface area (Å²) in [5.41, 5.74) is 7.73. The predicted octanol–water partition coefficient (Wildman–Crippen LogP) is 2.37. The number of ether oxygens (including phenoxy) is 1. The van der Waals surface area contributed by atoms with E-state index < -0.39 is 0 Å². The molecule has 0 saturated carbocycles. The second-order valence-corrected chi connectivity index (χ2v) is 4.84. The zero-order chi connectivity index (χ0) is 11.7. The Morgan fingerprint density at radius 1 is 1.38 bits per heavy atom. The van der Waals surface area contributed by atoms with Gasteiger partial charge < -0.3 is 15.4 Å². The first kappa shape index (κ1) is 11.1. The van der Waals surface area contributed by atoms with Crippen LogP contribution in [-0.2, 0) is 0 Å². The van der Waals surface area contributed by atoms with Crippen molar-refractivity contribution in [3.05, 3.63) is 18.2 Å². The molecule has 1 fully saturated rings. The number of rotatable bonds is 3. The van der Waals surface area contributed by atoms with Crippen LogP contribution in [0.2, 0.25) is 0 Å². The second-order valence-electron chi connectivity index (χ2n) is 4.84. The molecule has 0 aromatic heterocycles. The summed E-state index contributed by atoms with van der Waals surface area (Å²) in [6.07, 6.45) is 0. The van der Waals surface area contributed by atoms with Crippen molar-refractivity contribution in [2.24, 2.45) is 11.8 Å². The van der Waals surface area contributed by atoms with Crippen LogP contribution in [0.15, 0.2) is 18.2 Å². The van der Waals surface area contributed by atoms with Crippen molar-refractivity contribution in [1.29, 1.82) is 0 Å². The molecule has 1 aliphatic rings. The van der Waals surface area contributed by atoms with Gasteiger partial charge in [0.25, 0.3) is 0 Å². The summed E-state index contributed by atoms with van der Waals surface area (Å²) in [6, 6.07) is 5.81. The molecule has 0 bridgehead atoms. The fraction of sp³-hybridized carbons (Fsp3) is 0.538. The predicted molar refractivity (Wildman–Crippen MR) is 67.9 cm³/mol. The SMILES string of the molecule is COc1ccc(N)cc1N1CC(C(C)C)C1. The average Bonchev–Trinajstić information content (AvgIpc) is 2.15. The Morgan fingerprint density at radius 3 is 2.62 bits per heavy atom. The third-order valence-corrected chi connectivity index (χ3v) is 3.40. The van der Waals surface area contributed by atoms with E-state index in [4.69, 9.17) is 10.5 Å². The Kier molecular flexibility index (Phi) is 2.95. The number of hydrogen-bond donors (Lipinski definition) is 1. The van der Waals surface area contributed by atoms with Gasteiger partial charge in [-0.25, -0.2) is 0 Å². The molecule has 2 rings (SSSR count). The van der Waals surface area contributed by atoms with Crippen molar-refractivity contribution in [2.45, 2.75) is 13.8 Å². The van der Waals surface area contributed by atoms with Gasteiger partial charge in [-0.15, -0.1) is 0 Å². The van der Waals surface area contributed by atoms with Crippen molar-refractivity contribution in [3.63, 3.8) is 0 Å². The average molecular weight is 220 g/mol. The van der Waals surface area contributed by atoms with Gasteiger partial charge in [0.2, 0.25) is 0 Å². The molecule has 2 N–H and O–H groups in total. The zero-order valence-corrected chi connectivity index (χ0v) is 10.2. The van der Waals surface area contributed by atoms with E-state index in [1.807, 2.05) is 18.2 Å². The topological polar surface area (TPSA) is 38.5 Å². The molecule has 16 heavy (non-hydrogen) atoms. The van der Waals surface area contributed by atoms with Crippen LogP contribution >= 0.6 is 0 Å². The van der Waals surface area contributed by atoms with Crippen LogP contribution in [0.25, 0.3) is 0 Å². The highest BCUT2D eigenvalue weighted by atomic mass is 16.5. The monoisotopic (exact) mass is 220 g/mol. The van der Waals surface area contributed by atoms with Gasteiger partial charge in [-0.3, -0.25) is 0 Å². The van der Waals surface area contributed by atoms with Gasteiger partial charge in [-0.2, -0.15) is 0 Å². The van der Waals surface area contributed by atoms with Crippen LogP contribution in [0, 0.1) is 11.8 Å². The van der Waals surface area contributed by atoms with E-state index >= 15 is 0 Å². The van der Waals surface area contributed by atoms with E-state index in [0.29, 0.717) is 0 Å². The van der Waals surface area contributed by atoms with Gasteiger partial charge in [-0.05, 0) is 30.0 Å². The number of hydrogen-bond acceptors (Lipinski definition) is 3. The van der Waals surface area contributed by atoms with Crippen molar-refractivity contribution in [3.8, 4) is 5.75 Å². The second kappa shape index (κ2) is 4.24. The highest BCUT2D eigenvalue weighted by Crippen LogP contribution is 2.36. The normalized spacial score (nSPS) is 16.4. The minimum Gasteiger partial charge on any atom is -0.495 e. The van der Waals surface area contributed by atoms with E-state index in [0.717, 1.165) is 42.0 Å². The maximum absolute atomic E-state index is 5.81. The van der Waals surface area contributed by atoms with Crippen molar-refractivity contribution >= 4 is 11.4 Å². The van der Waals surface area contributed by atoms with Crippen LogP contribution in [-0.4, -0.2) is 20.2 Å². The lowest BCUT2D eigenvalue weighted by Gasteiger charge is -2.43. The lowest BCUT2D eigenvalue weighted by atomic mass is 9.88. The molecule has 1 saturated heterocycles. The first-order valence-corrected chi connectivity index (χ1v) is 5.80. The van der Waals surface area contributed by atoms with Crippen molar-refractivity contribution in [1.82, 2.24) is 0 Å². The van der Waals surface area contributed by atoms with Crippen LogP contribution in [0.3, 0.4) is 0 Å². The Hall–Kier alpha value is -1.38. The summed E-state index contributed by atoms with van der Waals surface area (Å²) >= 11 is 0. The summed E-state index contributed by atoms with van der Waals surface area (Å²) < 4.78 is 5.36. The van der Waals surface area contributed by atoms with E-state index in [2.05, 4.69) is 18.7 Å². The molecule has 3 heteroatoms. The fourth-order valence-corrected chi connectivity index (χ4v) is 2.09. The number of nitrogens with two attached hydrogens (primary N) is 1. The zero-order valence-electron chi connectivity index (χ0n) is 10.2. The Labute approximate surface area is 97.2 Å². The van der Waals surface area contributed by atoms with Gasteiger partial charge in [0.15, 0.2) is 0 Å². The Morgan fingerprint density at radius 2 is 2.06 bits per heavy atom. The molecule has 0 radical (unpaired) electrons. The van der Waals surface area contributed by atoms with Gasteiger partial charge in [0.1, 0.15) is 5.75 Å². The van der Waals surface area contributed by atoms with Crippen LogP contribution < -0.4 is 15.4 Å². The molecule has 3 nitrogen and oxygen atoms in total. The number of benzene rings is 1. The van der Waals surface area contributed by atoms with E-state index in [1.54, 1.807) is 7.11 Å². The largest absolute Gasteiger partial charge is 0.495 e. The molecule has 1 aromatic carbocycles. The Balaban J connectivity index is 2.13. The van der Waals surface area contributed by atoms with Gasteiger partial charge in [0, 0.05) is 18.8 Å². The molecule has 0 unspecified atom stereocenters. The molecular formula is C13H20N2O. The maximum Gasteiger partial charge on any atom is 0.142 e. The van der Waals surface area contributed by atoms with E-state index in [9.17, 15) is 0 Å². The molecule has 1 heterocycles. The smallest absolute Gasteiger partial charge is 0.142 e. The summed E-state index contributed by atoms with van der Waals surface area (Å²) in [7, 11) is 1.70. The van der Waals surface area contributed by atoms with Crippen LogP contribution in [0.4, 0.5) is 11.4 Å². The summed E-state index contributed by atoms with van der Waals surface area (Å²) in [4.78, 5) is 2.33. The molecule has 0 spiro atoms. The number of nitrogen functional groups attached to an aromatic ring is 1. The summed E-state index contributed by atoms with van der Waals surface area (Å²) in [6.45, 7) is 6.77. The maximum atomic E-state index is 5.81. The Bertz CT molecular complexity index is 370. The highest BCUT2D eigenvalue weighted by molar-refractivity contribution is 5.66. The summed E-state index contributed by atoms with van der Waals surface area (Å²) in [5, 5.41) is 0.